The lowest BCUT2D eigenvalue weighted by Gasteiger charge is -2.27. The molecule has 18 heavy (non-hydrogen) atoms. The van der Waals surface area contributed by atoms with Crippen molar-refractivity contribution in [3.05, 3.63) is 0 Å². The van der Waals surface area contributed by atoms with E-state index >= 15 is 0 Å². The fourth-order valence-electron chi connectivity index (χ4n) is 3.60. The predicted octanol–water partition coefficient (Wildman–Crippen LogP) is 6.45. The summed E-state index contributed by atoms with van der Waals surface area (Å²) in [6.07, 6.45) is 14.8. The molecule has 0 aromatic heterocycles. The number of hydrogen-bond acceptors (Lipinski definition) is 0. The zero-order valence-corrected chi connectivity index (χ0v) is 13.4. The maximum atomic E-state index is 2.46. The molecule has 0 bridgehead atoms. The Bertz CT molecular complexity index is 194. The molecular weight excluding hydrogens is 216 g/mol. The van der Waals surface area contributed by atoms with Crippen molar-refractivity contribution in [2.24, 2.45) is 23.7 Å². The first-order valence-electron chi connectivity index (χ1n) is 8.58. The molecule has 1 rings (SSSR count). The lowest BCUT2D eigenvalue weighted by atomic mass is 9.79. The molecule has 0 radical (unpaired) electrons. The van der Waals surface area contributed by atoms with E-state index in [1.54, 1.807) is 0 Å². The van der Waals surface area contributed by atoms with Crippen LogP contribution in [0.2, 0.25) is 0 Å². The quantitative estimate of drug-likeness (QED) is 0.466. The summed E-state index contributed by atoms with van der Waals surface area (Å²) in [5.74, 6) is 3.93. The monoisotopic (exact) mass is 252 g/mol. The molecule has 1 fully saturated rings. The maximum Gasteiger partial charge on any atom is -0.0412 e. The molecule has 0 aliphatic heterocycles. The lowest BCUT2D eigenvalue weighted by Crippen LogP contribution is -2.13. The van der Waals surface area contributed by atoms with E-state index in [4.69, 9.17) is 0 Å². The molecule has 0 saturated heterocycles. The van der Waals surface area contributed by atoms with Crippen molar-refractivity contribution in [3.8, 4) is 0 Å². The van der Waals surface area contributed by atoms with E-state index in [1.165, 1.54) is 64.2 Å². The zero-order chi connectivity index (χ0) is 13.4. The van der Waals surface area contributed by atoms with Gasteiger partial charge in [-0.3, -0.25) is 0 Å². The lowest BCUT2D eigenvalue weighted by molar-refractivity contribution is 0.259. The molecule has 0 nitrogen and oxygen atoms in total. The molecule has 0 spiro atoms. The molecule has 1 saturated carbocycles. The van der Waals surface area contributed by atoms with Crippen molar-refractivity contribution in [1.29, 1.82) is 0 Å². The summed E-state index contributed by atoms with van der Waals surface area (Å²) in [7, 11) is 0. The average molecular weight is 252 g/mol. The van der Waals surface area contributed by atoms with E-state index in [1.807, 2.05) is 0 Å². The number of rotatable bonds is 8. The molecule has 1 aliphatic rings. The minimum absolute atomic E-state index is 0.890. The van der Waals surface area contributed by atoms with Crippen molar-refractivity contribution in [1.82, 2.24) is 0 Å². The van der Waals surface area contributed by atoms with Gasteiger partial charge in [-0.2, -0.15) is 0 Å². The van der Waals surface area contributed by atoms with Crippen LogP contribution in [0.25, 0.3) is 0 Å². The molecule has 3 atom stereocenters. The van der Waals surface area contributed by atoms with Gasteiger partial charge in [0.15, 0.2) is 0 Å². The average Bonchev–Trinajstić information content (AvgIpc) is 2.28. The fraction of sp³-hybridized carbons (Fsp3) is 1.00. The van der Waals surface area contributed by atoms with Crippen LogP contribution in [-0.4, -0.2) is 0 Å². The van der Waals surface area contributed by atoms with Crippen LogP contribution in [0.1, 0.15) is 91.9 Å². The van der Waals surface area contributed by atoms with Crippen molar-refractivity contribution in [2.45, 2.75) is 91.9 Å². The van der Waals surface area contributed by atoms with E-state index in [0.717, 1.165) is 23.7 Å². The van der Waals surface area contributed by atoms with Gasteiger partial charge in [-0.25, -0.2) is 0 Å². The third-order valence-electron chi connectivity index (χ3n) is 4.83. The SMILES string of the molecule is CC(C)CCCC(C)CCCC1CCCC(C)C1. The Labute approximate surface area is 116 Å². The van der Waals surface area contributed by atoms with Crippen molar-refractivity contribution in [2.75, 3.05) is 0 Å². The van der Waals surface area contributed by atoms with Crippen LogP contribution >= 0.6 is 0 Å². The van der Waals surface area contributed by atoms with Gasteiger partial charge in [0, 0.05) is 0 Å². The highest BCUT2D eigenvalue weighted by Crippen LogP contribution is 2.32. The first-order valence-corrected chi connectivity index (χ1v) is 8.58. The molecule has 108 valence electrons. The summed E-state index contributed by atoms with van der Waals surface area (Å²) in [6, 6.07) is 0. The van der Waals surface area contributed by atoms with Crippen LogP contribution in [-0.2, 0) is 0 Å². The number of hydrogen-bond donors (Lipinski definition) is 0. The first kappa shape index (κ1) is 16.1. The standard InChI is InChI=1S/C18H36/c1-15(2)8-5-9-16(3)10-6-12-18-13-7-11-17(4)14-18/h15-18H,5-14H2,1-4H3. The summed E-state index contributed by atoms with van der Waals surface area (Å²) in [6.45, 7) is 9.59. The predicted molar refractivity (Wildman–Crippen MR) is 82.8 cm³/mol. The molecule has 0 aromatic carbocycles. The zero-order valence-electron chi connectivity index (χ0n) is 13.4. The Morgan fingerprint density at radius 3 is 2.33 bits per heavy atom. The summed E-state index contributed by atoms with van der Waals surface area (Å²) in [4.78, 5) is 0. The maximum absolute atomic E-state index is 2.46. The van der Waals surface area contributed by atoms with Crippen LogP contribution in [0.15, 0.2) is 0 Å². The molecule has 0 heteroatoms. The Morgan fingerprint density at radius 1 is 0.944 bits per heavy atom. The third-order valence-corrected chi connectivity index (χ3v) is 4.83. The van der Waals surface area contributed by atoms with Gasteiger partial charge >= 0.3 is 0 Å². The van der Waals surface area contributed by atoms with E-state index in [0.29, 0.717) is 0 Å². The molecule has 0 heterocycles. The van der Waals surface area contributed by atoms with Gasteiger partial charge in [-0.05, 0) is 30.1 Å². The normalized spacial score (nSPS) is 26.5. The summed E-state index contributed by atoms with van der Waals surface area (Å²) in [5.41, 5.74) is 0. The first-order chi connectivity index (χ1) is 8.58. The van der Waals surface area contributed by atoms with E-state index in [9.17, 15) is 0 Å². The van der Waals surface area contributed by atoms with Crippen LogP contribution in [0.4, 0.5) is 0 Å². The molecule has 3 unspecified atom stereocenters. The molecule has 0 amide bonds. The second kappa shape index (κ2) is 8.99. The molecule has 0 aromatic rings. The van der Waals surface area contributed by atoms with Crippen LogP contribution in [0.5, 0.6) is 0 Å². The Balaban J connectivity index is 1.99. The second-order valence-corrected chi connectivity index (χ2v) is 7.50. The smallest absolute Gasteiger partial charge is 0.0412 e. The summed E-state index contributed by atoms with van der Waals surface area (Å²) in [5, 5.41) is 0. The molecule has 1 aliphatic carbocycles. The van der Waals surface area contributed by atoms with Gasteiger partial charge in [0.2, 0.25) is 0 Å². The van der Waals surface area contributed by atoms with Crippen molar-refractivity contribution in [3.63, 3.8) is 0 Å². The van der Waals surface area contributed by atoms with E-state index in [2.05, 4.69) is 27.7 Å². The highest BCUT2D eigenvalue weighted by Gasteiger charge is 2.18. The van der Waals surface area contributed by atoms with Gasteiger partial charge < -0.3 is 0 Å². The van der Waals surface area contributed by atoms with E-state index in [-0.39, 0.29) is 0 Å². The van der Waals surface area contributed by atoms with E-state index < -0.39 is 0 Å². The minimum Gasteiger partial charge on any atom is -0.0628 e. The highest BCUT2D eigenvalue weighted by atomic mass is 14.2. The minimum atomic E-state index is 0.890. The van der Waals surface area contributed by atoms with Gasteiger partial charge in [0.05, 0.1) is 0 Å². The van der Waals surface area contributed by atoms with Crippen LogP contribution in [0.3, 0.4) is 0 Å². The molecular formula is C18H36. The Hall–Kier alpha value is 0. The van der Waals surface area contributed by atoms with Crippen LogP contribution in [0, 0.1) is 23.7 Å². The third kappa shape index (κ3) is 7.44. The van der Waals surface area contributed by atoms with Gasteiger partial charge in [0.25, 0.3) is 0 Å². The van der Waals surface area contributed by atoms with Gasteiger partial charge in [0.1, 0.15) is 0 Å². The summed E-state index contributed by atoms with van der Waals surface area (Å²) >= 11 is 0. The largest absolute Gasteiger partial charge is 0.0628 e. The fourth-order valence-corrected chi connectivity index (χ4v) is 3.60. The van der Waals surface area contributed by atoms with Crippen molar-refractivity contribution < 1.29 is 0 Å². The highest BCUT2D eigenvalue weighted by molar-refractivity contribution is 4.70. The van der Waals surface area contributed by atoms with Gasteiger partial charge in [-0.15, -0.1) is 0 Å². The summed E-state index contributed by atoms with van der Waals surface area (Å²) < 4.78 is 0. The van der Waals surface area contributed by atoms with Crippen LogP contribution < -0.4 is 0 Å². The van der Waals surface area contributed by atoms with Crippen molar-refractivity contribution >= 4 is 0 Å². The Kier molecular flexibility index (Phi) is 8.02. The second-order valence-electron chi connectivity index (χ2n) is 7.50. The molecule has 0 N–H and O–H groups in total. The topological polar surface area (TPSA) is 0 Å². The van der Waals surface area contributed by atoms with Gasteiger partial charge in [-0.1, -0.05) is 85.5 Å². The Morgan fingerprint density at radius 2 is 1.67 bits per heavy atom.